The Morgan fingerprint density at radius 3 is 2.17 bits per heavy atom. The summed E-state index contributed by atoms with van der Waals surface area (Å²) < 4.78 is 0. The number of hydrogen-bond acceptors (Lipinski definition) is 3. The zero-order valence-electron chi connectivity index (χ0n) is 6.43. The van der Waals surface area contributed by atoms with Gasteiger partial charge >= 0.3 is 0 Å². The second-order valence-electron chi connectivity index (χ2n) is 2.53. The molecule has 1 N–H and O–H groups in total. The Morgan fingerprint density at radius 2 is 1.75 bits per heavy atom. The van der Waals surface area contributed by atoms with E-state index in [1.165, 1.54) is 5.56 Å². The third-order valence-electron chi connectivity index (χ3n) is 1.83. The summed E-state index contributed by atoms with van der Waals surface area (Å²) >= 11 is 0. The van der Waals surface area contributed by atoms with E-state index in [0.717, 1.165) is 13.1 Å². The van der Waals surface area contributed by atoms with Crippen LogP contribution < -0.4 is 5.32 Å². The van der Waals surface area contributed by atoms with E-state index in [0.29, 0.717) is 5.92 Å². The molecule has 0 aliphatic carbocycles. The third kappa shape index (κ3) is 2.30. The third-order valence-corrected chi connectivity index (χ3v) is 1.83. The predicted octanol–water partition coefficient (Wildman–Crippen LogP) is 1.01. The van der Waals surface area contributed by atoms with Crippen molar-refractivity contribution in [3.63, 3.8) is 0 Å². The van der Waals surface area contributed by atoms with Crippen LogP contribution in [0.25, 0.3) is 0 Å². The molecule has 0 radical (unpaired) electrons. The van der Waals surface area contributed by atoms with Crippen molar-refractivity contribution in [1.82, 2.24) is 15.3 Å². The van der Waals surface area contributed by atoms with E-state index in [1.807, 2.05) is 12.4 Å². The van der Waals surface area contributed by atoms with Crippen molar-refractivity contribution in [2.75, 3.05) is 13.1 Å². The molecule has 0 atom stereocenters. The van der Waals surface area contributed by atoms with Gasteiger partial charge in [-0.3, -0.25) is 0 Å². The quantitative estimate of drug-likeness (QED) is 0.748. The van der Waals surface area contributed by atoms with Crippen LogP contribution >= 0.6 is 24.8 Å². The lowest BCUT2D eigenvalue weighted by atomic mass is 9.97. The molecule has 1 saturated heterocycles. The molecule has 2 rings (SSSR count). The van der Waals surface area contributed by atoms with Crippen molar-refractivity contribution in [1.29, 1.82) is 0 Å². The Hall–Kier alpha value is -0.380. The number of nitrogens with one attached hydrogen (secondary N) is 1. The number of rotatable bonds is 1. The zero-order valence-corrected chi connectivity index (χ0v) is 8.07. The molecule has 0 aromatic carbocycles. The van der Waals surface area contributed by atoms with Crippen LogP contribution in [0.5, 0.6) is 0 Å². The minimum absolute atomic E-state index is 0. The number of aromatic nitrogens is 2. The van der Waals surface area contributed by atoms with Gasteiger partial charge in [0.1, 0.15) is 6.33 Å². The summed E-state index contributed by atoms with van der Waals surface area (Å²) in [4.78, 5) is 7.90. The van der Waals surface area contributed by atoms with Gasteiger partial charge in [-0.2, -0.15) is 0 Å². The minimum atomic E-state index is 0. The van der Waals surface area contributed by atoms with E-state index in [4.69, 9.17) is 0 Å². The van der Waals surface area contributed by atoms with Gasteiger partial charge in [0.15, 0.2) is 0 Å². The van der Waals surface area contributed by atoms with Crippen LogP contribution in [0.15, 0.2) is 18.7 Å². The molecule has 1 aromatic rings. The molecule has 0 spiro atoms. The molecule has 0 saturated carbocycles. The maximum absolute atomic E-state index is 3.95. The molecule has 0 amide bonds. The van der Waals surface area contributed by atoms with Crippen molar-refractivity contribution >= 4 is 24.8 Å². The van der Waals surface area contributed by atoms with Crippen molar-refractivity contribution in [2.45, 2.75) is 5.92 Å². The molecule has 1 aliphatic rings. The molecule has 1 aliphatic heterocycles. The van der Waals surface area contributed by atoms with E-state index in [9.17, 15) is 0 Å². The highest BCUT2D eigenvalue weighted by Crippen LogP contribution is 2.16. The molecule has 0 unspecified atom stereocenters. The van der Waals surface area contributed by atoms with Gasteiger partial charge in [0.2, 0.25) is 0 Å². The lowest BCUT2D eigenvalue weighted by molar-refractivity contribution is 0.446. The summed E-state index contributed by atoms with van der Waals surface area (Å²) in [5.41, 5.74) is 1.25. The van der Waals surface area contributed by atoms with Crippen LogP contribution in [0, 0.1) is 0 Å². The van der Waals surface area contributed by atoms with Gasteiger partial charge < -0.3 is 5.32 Å². The number of nitrogens with zero attached hydrogens (tertiary/aromatic N) is 2. The van der Waals surface area contributed by atoms with E-state index in [-0.39, 0.29) is 24.8 Å². The van der Waals surface area contributed by atoms with E-state index < -0.39 is 0 Å². The average Bonchev–Trinajstić information content (AvgIpc) is 1.86. The fourth-order valence-electron chi connectivity index (χ4n) is 1.05. The Labute approximate surface area is 83.8 Å². The zero-order chi connectivity index (χ0) is 6.81. The molecule has 12 heavy (non-hydrogen) atoms. The monoisotopic (exact) mass is 207 g/mol. The van der Waals surface area contributed by atoms with Crippen LogP contribution in [-0.2, 0) is 0 Å². The maximum atomic E-state index is 3.95. The van der Waals surface area contributed by atoms with Gasteiger partial charge in [-0.1, -0.05) is 0 Å². The highest BCUT2D eigenvalue weighted by molar-refractivity contribution is 5.85. The van der Waals surface area contributed by atoms with Crippen LogP contribution in [0.1, 0.15) is 11.5 Å². The summed E-state index contributed by atoms with van der Waals surface area (Å²) in [5.74, 6) is 0.654. The molecule has 68 valence electrons. The largest absolute Gasteiger partial charge is 0.315 e. The van der Waals surface area contributed by atoms with Crippen LogP contribution in [0.2, 0.25) is 0 Å². The summed E-state index contributed by atoms with van der Waals surface area (Å²) in [6.45, 7) is 2.15. The first kappa shape index (κ1) is 11.6. The molecule has 5 heteroatoms. The standard InChI is InChI=1S/C7H9N3.2ClH/c1-6(2-8-1)7-3-9-5-10-4-7;;/h3-6,8H,1-2H2;2*1H. The van der Waals surface area contributed by atoms with Gasteiger partial charge in [0, 0.05) is 31.4 Å². The van der Waals surface area contributed by atoms with Gasteiger partial charge in [-0.25, -0.2) is 9.97 Å². The topological polar surface area (TPSA) is 37.8 Å². The summed E-state index contributed by atoms with van der Waals surface area (Å²) in [7, 11) is 0. The molecule has 1 aromatic heterocycles. The van der Waals surface area contributed by atoms with Gasteiger partial charge in [0.25, 0.3) is 0 Å². The lowest BCUT2D eigenvalue weighted by Crippen LogP contribution is -2.39. The van der Waals surface area contributed by atoms with Crippen molar-refractivity contribution in [3.8, 4) is 0 Å². The Balaban J connectivity index is 0.000000605. The molecule has 1 fully saturated rings. The molecular weight excluding hydrogens is 197 g/mol. The molecule has 0 bridgehead atoms. The molecule has 3 nitrogen and oxygen atoms in total. The Morgan fingerprint density at radius 1 is 1.17 bits per heavy atom. The molecule has 2 heterocycles. The highest BCUT2D eigenvalue weighted by Gasteiger charge is 2.18. The summed E-state index contributed by atoms with van der Waals surface area (Å²) in [6.07, 6.45) is 5.34. The summed E-state index contributed by atoms with van der Waals surface area (Å²) in [5, 5.41) is 3.20. The van der Waals surface area contributed by atoms with Gasteiger partial charge in [-0.05, 0) is 5.56 Å². The second kappa shape index (κ2) is 5.30. The normalized spacial score (nSPS) is 15.3. The van der Waals surface area contributed by atoms with Crippen molar-refractivity contribution in [2.24, 2.45) is 0 Å². The first-order chi connectivity index (χ1) is 4.97. The van der Waals surface area contributed by atoms with E-state index >= 15 is 0 Å². The SMILES string of the molecule is Cl.Cl.c1ncc(C2CNC2)cn1. The molecular formula is C7H11Cl2N3. The fourth-order valence-corrected chi connectivity index (χ4v) is 1.05. The number of halogens is 2. The predicted molar refractivity (Wildman–Crippen MR) is 52.1 cm³/mol. The second-order valence-corrected chi connectivity index (χ2v) is 2.53. The first-order valence-electron chi connectivity index (χ1n) is 3.42. The summed E-state index contributed by atoms with van der Waals surface area (Å²) in [6, 6.07) is 0. The number of hydrogen-bond donors (Lipinski definition) is 1. The van der Waals surface area contributed by atoms with Gasteiger partial charge in [0.05, 0.1) is 0 Å². The average molecular weight is 208 g/mol. The van der Waals surface area contributed by atoms with Crippen molar-refractivity contribution < 1.29 is 0 Å². The Bertz CT molecular complexity index is 213. The maximum Gasteiger partial charge on any atom is 0.115 e. The Kier molecular flexibility index (Phi) is 5.13. The minimum Gasteiger partial charge on any atom is -0.315 e. The lowest BCUT2D eigenvalue weighted by Gasteiger charge is -2.26. The van der Waals surface area contributed by atoms with Crippen LogP contribution in [0.4, 0.5) is 0 Å². The van der Waals surface area contributed by atoms with E-state index in [1.54, 1.807) is 6.33 Å². The first-order valence-corrected chi connectivity index (χ1v) is 3.42. The smallest absolute Gasteiger partial charge is 0.115 e. The van der Waals surface area contributed by atoms with Crippen LogP contribution in [-0.4, -0.2) is 23.1 Å². The highest BCUT2D eigenvalue weighted by atomic mass is 35.5. The fraction of sp³-hybridized carbons (Fsp3) is 0.429. The van der Waals surface area contributed by atoms with Crippen LogP contribution in [0.3, 0.4) is 0 Å². The van der Waals surface area contributed by atoms with Gasteiger partial charge in [-0.15, -0.1) is 24.8 Å². The van der Waals surface area contributed by atoms with Crippen molar-refractivity contribution in [3.05, 3.63) is 24.3 Å². The van der Waals surface area contributed by atoms with E-state index in [2.05, 4.69) is 15.3 Å².